The van der Waals surface area contributed by atoms with Gasteiger partial charge in [0.1, 0.15) is 0 Å². The summed E-state index contributed by atoms with van der Waals surface area (Å²) in [6.07, 6.45) is 6.30. The Morgan fingerprint density at radius 3 is 2.65 bits per heavy atom. The maximum Gasteiger partial charge on any atom is 0.270 e. The average Bonchev–Trinajstić information content (AvgIpc) is 2.78. The van der Waals surface area contributed by atoms with Crippen molar-refractivity contribution in [3.05, 3.63) is 70.3 Å². The minimum absolute atomic E-state index is 0.0251. The molecule has 1 atom stereocenters. The predicted molar refractivity (Wildman–Crippen MR) is 119 cm³/mol. The van der Waals surface area contributed by atoms with Crippen LogP contribution in [0.4, 0.5) is 11.4 Å². The Bertz CT molecular complexity index is 1080. The number of carbonyl (C=O) groups is 1. The number of hydrogen-bond acceptors (Lipinski definition) is 5. The molecule has 2 aromatic rings. The number of amides is 1. The van der Waals surface area contributed by atoms with E-state index in [-0.39, 0.29) is 16.6 Å². The largest absolute Gasteiger partial charge is 0.323 e. The first kappa shape index (κ1) is 22.6. The number of anilines is 1. The van der Waals surface area contributed by atoms with Gasteiger partial charge >= 0.3 is 0 Å². The second-order valence-electron chi connectivity index (χ2n) is 7.37. The van der Waals surface area contributed by atoms with Gasteiger partial charge in [-0.3, -0.25) is 14.9 Å². The number of piperidine rings is 1. The van der Waals surface area contributed by atoms with Gasteiger partial charge in [0.05, 0.1) is 9.82 Å². The Labute approximate surface area is 181 Å². The number of nitro benzene ring substituents is 1. The first-order chi connectivity index (χ1) is 14.8. The molecule has 0 saturated carbocycles. The zero-order valence-electron chi connectivity index (χ0n) is 17.2. The third-order valence-electron chi connectivity index (χ3n) is 5.28. The highest BCUT2D eigenvalue weighted by Gasteiger charge is 2.32. The molecule has 0 aromatic heterocycles. The van der Waals surface area contributed by atoms with E-state index in [0.717, 1.165) is 25.7 Å². The number of non-ortho nitro benzene ring substituents is 1. The molecule has 1 aliphatic rings. The van der Waals surface area contributed by atoms with Crippen LogP contribution in [0.2, 0.25) is 0 Å². The average molecular weight is 444 g/mol. The Balaban J connectivity index is 1.67. The van der Waals surface area contributed by atoms with Crippen LogP contribution in [0.1, 0.15) is 38.2 Å². The molecule has 1 amide bonds. The van der Waals surface area contributed by atoms with E-state index in [1.165, 1.54) is 36.4 Å². The standard InChI is InChI=1S/C22H25N3O5S/c1-2-19-7-3-4-15-24(19)31(29,30)21-12-10-18(11-13-21)23-22(26)14-9-17-6-5-8-20(16-17)25(27)28/h5-6,8-14,16,19H,2-4,7,15H2,1H3,(H,23,26)/b14-9+. The molecule has 9 heteroatoms. The summed E-state index contributed by atoms with van der Waals surface area (Å²) in [7, 11) is -3.57. The van der Waals surface area contributed by atoms with Crippen molar-refractivity contribution < 1.29 is 18.1 Å². The highest BCUT2D eigenvalue weighted by molar-refractivity contribution is 7.89. The van der Waals surface area contributed by atoms with E-state index in [1.807, 2.05) is 6.92 Å². The van der Waals surface area contributed by atoms with Gasteiger partial charge in [0.25, 0.3) is 5.69 Å². The lowest BCUT2D eigenvalue weighted by Gasteiger charge is -2.34. The molecule has 164 valence electrons. The van der Waals surface area contributed by atoms with Gasteiger partial charge in [-0.2, -0.15) is 4.31 Å². The lowest BCUT2D eigenvalue weighted by Crippen LogP contribution is -2.43. The van der Waals surface area contributed by atoms with Crippen LogP contribution >= 0.6 is 0 Å². The maximum atomic E-state index is 13.0. The minimum Gasteiger partial charge on any atom is -0.323 e. The number of benzene rings is 2. The van der Waals surface area contributed by atoms with Gasteiger partial charge in [0.15, 0.2) is 0 Å². The molecule has 1 N–H and O–H groups in total. The molecule has 31 heavy (non-hydrogen) atoms. The topological polar surface area (TPSA) is 110 Å². The van der Waals surface area contributed by atoms with Crippen LogP contribution < -0.4 is 5.32 Å². The van der Waals surface area contributed by atoms with Crippen molar-refractivity contribution >= 4 is 33.4 Å². The van der Waals surface area contributed by atoms with Crippen molar-refractivity contribution in [2.75, 3.05) is 11.9 Å². The third-order valence-corrected chi connectivity index (χ3v) is 7.25. The summed E-state index contributed by atoms with van der Waals surface area (Å²) < 4.78 is 27.6. The monoisotopic (exact) mass is 443 g/mol. The van der Waals surface area contributed by atoms with E-state index < -0.39 is 20.9 Å². The van der Waals surface area contributed by atoms with Gasteiger partial charge in [-0.15, -0.1) is 0 Å². The Hall–Kier alpha value is -3.04. The van der Waals surface area contributed by atoms with Gasteiger partial charge in [0, 0.05) is 36.5 Å². The zero-order valence-corrected chi connectivity index (χ0v) is 18.0. The predicted octanol–water partition coefficient (Wildman–Crippen LogP) is 4.20. The van der Waals surface area contributed by atoms with Gasteiger partial charge in [-0.1, -0.05) is 25.5 Å². The van der Waals surface area contributed by atoms with E-state index in [2.05, 4.69) is 5.32 Å². The number of hydrogen-bond donors (Lipinski definition) is 1. The molecule has 1 saturated heterocycles. The number of sulfonamides is 1. The Morgan fingerprint density at radius 1 is 1.23 bits per heavy atom. The Kier molecular flexibility index (Phi) is 7.19. The fraction of sp³-hybridized carbons (Fsp3) is 0.318. The van der Waals surface area contributed by atoms with E-state index in [0.29, 0.717) is 17.8 Å². The van der Waals surface area contributed by atoms with Crippen LogP contribution in [0.5, 0.6) is 0 Å². The summed E-state index contributed by atoms with van der Waals surface area (Å²) in [5, 5.41) is 13.5. The van der Waals surface area contributed by atoms with Gasteiger partial charge in [-0.25, -0.2) is 8.42 Å². The highest BCUT2D eigenvalue weighted by Crippen LogP contribution is 2.27. The van der Waals surface area contributed by atoms with E-state index in [4.69, 9.17) is 0 Å². The number of rotatable bonds is 7. The smallest absolute Gasteiger partial charge is 0.270 e. The van der Waals surface area contributed by atoms with Crippen molar-refractivity contribution in [3.63, 3.8) is 0 Å². The molecule has 0 aliphatic carbocycles. The molecular weight excluding hydrogens is 418 g/mol. The lowest BCUT2D eigenvalue weighted by atomic mass is 10.0. The molecule has 1 unspecified atom stereocenters. The summed E-state index contributed by atoms with van der Waals surface area (Å²) in [6, 6.07) is 12.1. The van der Waals surface area contributed by atoms with Crippen LogP contribution in [0.3, 0.4) is 0 Å². The van der Waals surface area contributed by atoms with Crippen molar-refractivity contribution in [2.24, 2.45) is 0 Å². The minimum atomic E-state index is -3.57. The number of carbonyl (C=O) groups excluding carboxylic acids is 1. The zero-order chi connectivity index (χ0) is 22.4. The summed E-state index contributed by atoms with van der Waals surface area (Å²) in [4.78, 5) is 22.7. The molecule has 1 heterocycles. The fourth-order valence-electron chi connectivity index (χ4n) is 3.64. The first-order valence-electron chi connectivity index (χ1n) is 10.2. The van der Waals surface area contributed by atoms with Crippen LogP contribution in [0.15, 0.2) is 59.5 Å². The maximum absolute atomic E-state index is 13.0. The van der Waals surface area contributed by atoms with Crippen molar-refractivity contribution in [3.8, 4) is 0 Å². The summed E-state index contributed by atoms with van der Waals surface area (Å²) >= 11 is 0. The molecule has 0 spiro atoms. The number of nitrogens with one attached hydrogen (secondary N) is 1. The fourth-order valence-corrected chi connectivity index (χ4v) is 5.41. The third kappa shape index (κ3) is 5.56. The highest BCUT2D eigenvalue weighted by atomic mass is 32.2. The number of nitrogens with zero attached hydrogens (tertiary/aromatic N) is 2. The van der Waals surface area contributed by atoms with Crippen LogP contribution in [0, 0.1) is 10.1 Å². The lowest BCUT2D eigenvalue weighted by molar-refractivity contribution is -0.384. The summed E-state index contributed by atoms with van der Waals surface area (Å²) in [5.41, 5.74) is 0.925. The Morgan fingerprint density at radius 2 is 1.97 bits per heavy atom. The van der Waals surface area contributed by atoms with Crippen molar-refractivity contribution in [1.82, 2.24) is 4.31 Å². The van der Waals surface area contributed by atoms with E-state index in [9.17, 15) is 23.3 Å². The van der Waals surface area contributed by atoms with E-state index in [1.54, 1.807) is 28.6 Å². The van der Waals surface area contributed by atoms with Crippen LogP contribution in [-0.2, 0) is 14.8 Å². The summed E-state index contributed by atoms with van der Waals surface area (Å²) in [5.74, 6) is -0.427. The molecule has 8 nitrogen and oxygen atoms in total. The normalized spacial score (nSPS) is 17.5. The number of nitro groups is 1. The molecule has 2 aromatic carbocycles. The molecule has 3 rings (SSSR count). The molecule has 0 radical (unpaired) electrons. The van der Waals surface area contributed by atoms with Gasteiger partial charge in [-0.05, 0) is 55.2 Å². The molecular formula is C22H25N3O5S. The van der Waals surface area contributed by atoms with Crippen LogP contribution in [0.25, 0.3) is 6.08 Å². The van der Waals surface area contributed by atoms with Crippen molar-refractivity contribution in [2.45, 2.75) is 43.5 Å². The first-order valence-corrected chi connectivity index (χ1v) is 11.6. The van der Waals surface area contributed by atoms with Gasteiger partial charge in [0.2, 0.25) is 15.9 Å². The van der Waals surface area contributed by atoms with E-state index >= 15 is 0 Å². The summed E-state index contributed by atoms with van der Waals surface area (Å²) in [6.45, 7) is 2.53. The second-order valence-corrected chi connectivity index (χ2v) is 9.26. The molecule has 1 fully saturated rings. The molecule has 1 aliphatic heterocycles. The van der Waals surface area contributed by atoms with Crippen molar-refractivity contribution in [1.29, 1.82) is 0 Å². The van der Waals surface area contributed by atoms with Gasteiger partial charge < -0.3 is 5.32 Å². The molecule has 0 bridgehead atoms. The van der Waals surface area contributed by atoms with Crippen LogP contribution in [-0.4, -0.2) is 36.1 Å². The quantitative estimate of drug-likeness (QED) is 0.392. The SMILES string of the molecule is CCC1CCCCN1S(=O)(=O)c1ccc(NC(=O)/C=C/c2cccc([N+](=O)[O-])c2)cc1. The second kappa shape index (κ2) is 9.84.